The van der Waals surface area contributed by atoms with Gasteiger partial charge in [0, 0.05) is 23.2 Å². The van der Waals surface area contributed by atoms with Crippen molar-refractivity contribution in [2.45, 2.75) is 19.8 Å². The van der Waals surface area contributed by atoms with E-state index in [1.54, 1.807) is 0 Å². The zero-order valence-corrected chi connectivity index (χ0v) is 17.8. The molecule has 0 saturated carbocycles. The third-order valence-corrected chi connectivity index (χ3v) is 5.01. The zero-order chi connectivity index (χ0) is 21.5. The van der Waals surface area contributed by atoms with E-state index in [2.05, 4.69) is 4.98 Å². The van der Waals surface area contributed by atoms with Gasteiger partial charge in [0.15, 0.2) is 0 Å². The highest BCUT2D eigenvalue weighted by Crippen LogP contribution is 2.33. The van der Waals surface area contributed by atoms with Crippen molar-refractivity contribution in [3.8, 4) is 22.9 Å². The number of nitrogens with zero attached hydrogens (tertiary/aromatic N) is 1. The largest absolute Gasteiger partial charge is 0.473 e. The molecule has 0 aliphatic carbocycles. The van der Waals surface area contributed by atoms with Crippen molar-refractivity contribution < 1.29 is 9.47 Å². The number of ether oxygens (including phenoxy) is 2. The van der Waals surface area contributed by atoms with Crippen LogP contribution in [0.4, 0.5) is 0 Å². The van der Waals surface area contributed by atoms with E-state index in [1.807, 2.05) is 91.0 Å². The van der Waals surface area contributed by atoms with Crippen LogP contribution in [-0.2, 0) is 19.8 Å². The molecule has 1 aromatic heterocycles. The van der Waals surface area contributed by atoms with Gasteiger partial charge < -0.3 is 15.2 Å². The van der Waals surface area contributed by atoms with Crippen LogP contribution < -0.4 is 15.2 Å². The third-order valence-electron chi connectivity index (χ3n) is 4.79. The average molecular weight is 431 g/mol. The lowest BCUT2D eigenvalue weighted by Crippen LogP contribution is -2.03. The lowest BCUT2D eigenvalue weighted by Gasteiger charge is -2.14. The Balaban J connectivity index is 1.63. The molecule has 5 heteroatoms. The molecule has 0 amide bonds. The summed E-state index contributed by atoms with van der Waals surface area (Å²) < 4.78 is 12.0. The number of halogens is 1. The molecule has 2 N–H and O–H groups in total. The fraction of sp³-hybridized carbons (Fsp3) is 0.115. The summed E-state index contributed by atoms with van der Waals surface area (Å²) in [6.45, 7) is 1.23. The van der Waals surface area contributed by atoms with Crippen LogP contribution in [0.25, 0.3) is 11.1 Å². The highest BCUT2D eigenvalue weighted by Gasteiger charge is 2.13. The van der Waals surface area contributed by atoms with E-state index in [4.69, 9.17) is 26.8 Å². The minimum absolute atomic E-state index is 0.396. The molecule has 0 spiro atoms. The maximum absolute atomic E-state index is 6.31. The van der Waals surface area contributed by atoms with Gasteiger partial charge in [-0.2, -0.15) is 4.98 Å². The fourth-order valence-electron chi connectivity index (χ4n) is 3.21. The molecule has 0 atom stereocenters. The van der Waals surface area contributed by atoms with E-state index < -0.39 is 0 Å². The SMILES string of the molecule is NCc1cc(Cl)cc(-c2ccc(OCc3ccccc3)nc2OCc2ccccc2)c1. The summed E-state index contributed by atoms with van der Waals surface area (Å²) in [5.74, 6) is 0.983. The monoisotopic (exact) mass is 430 g/mol. The first-order valence-corrected chi connectivity index (χ1v) is 10.4. The molecular formula is C26H23ClN2O2. The van der Waals surface area contributed by atoms with Gasteiger partial charge in [0.2, 0.25) is 11.8 Å². The molecule has 31 heavy (non-hydrogen) atoms. The Labute approximate surface area is 187 Å². The summed E-state index contributed by atoms with van der Waals surface area (Å²) in [5.41, 5.74) is 10.6. The second-order valence-electron chi connectivity index (χ2n) is 7.10. The van der Waals surface area contributed by atoms with E-state index >= 15 is 0 Å². The summed E-state index contributed by atoms with van der Waals surface area (Å²) in [6, 6.07) is 29.5. The average Bonchev–Trinajstić information content (AvgIpc) is 2.82. The minimum Gasteiger partial charge on any atom is -0.473 e. The molecule has 0 radical (unpaired) electrons. The van der Waals surface area contributed by atoms with Crippen LogP contribution in [-0.4, -0.2) is 4.98 Å². The molecular weight excluding hydrogens is 408 g/mol. The predicted molar refractivity (Wildman–Crippen MR) is 124 cm³/mol. The zero-order valence-electron chi connectivity index (χ0n) is 17.0. The molecule has 0 fully saturated rings. The first kappa shape index (κ1) is 20.9. The quantitative estimate of drug-likeness (QED) is 0.371. The Morgan fingerprint density at radius 1 is 0.710 bits per heavy atom. The molecule has 0 unspecified atom stereocenters. The number of pyridine rings is 1. The molecule has 4 rings (SSSR count). The smallest absolute Gasteiger partial charge is 0.225 e. The lowest BCUT2D eigenvalue weighted by atomic mass is 10.0. The minimum atomic E-state index is 0.396. The van der Waals surface area contributed by atoms with E-state index in [-0.39, 0.29) is 0 Å². The van der Waals surface area contributed by atoms with Gasteiger partial charge in [-0.25, -0.2) is 0 Å². The Morgan fingerprint density at radius 3 is 2.00 bits per heavy atom. The molecule has 4 nitrogen and oxygen atoms in total. The van der Waals surface area contributed by atoms with Crippen molar-refractivity contribution in [1.29, 1.82) is 0 Å². The van der Waals surface area contributed by atoms with Crippen molar-refractivity contribution in [1.82, 2.24) is 4.98 Å². The summed E-state index contributed by atoms with van der Waals surface area (Å²) in [5, 5.41) is 0.622. The van der Waals surface area contributed by atoms with Crippen molar-refractivity contribution in [3.05, 3.63) is 113 Å². The first-order valence-electron chi connectivity index (χ1n) is 10.1. The molecule has 3 aromatic carbocycles. The van der Waals surface area contributed by atoms with E-state index in [0.29, 0.717) is 36.5 Å². The van der Waals surface area contributed by atoms with Gasteiger partial charge >= 0.3 is 0 Å². The number of benzene rings is 3. The number of aromatic nitrogens is 1. The number of hydrogen-bond acceptors (Lipinski definition) is 4. The van der Waals surface area contributed by atoms with Crippen LogP contribution in [0.2, 0.25) is 5.02 Å². The van der Waals surface area contributed by atoms with E-state index in [0.717, 1.165) is 27.8 Å². The van der Waals surface area contributed by atoms with Gasteiger partial charge in [-0.1, -0.05) is 72.3 Å². The van der Waals surface area contributed by atoms with Crippen molar-refractivity contribution in [2.24, 2.45) is 5.73 Å². The summed E-state index contributed by atoms with van der Waals surface area (Å²) >= 11 is 6.31. The van der Waals surface area contributed by atoms with Crippen LogP contribution in [0.3, 0.4) is 0 Å². The first-order chi connectivity index (χ1) is 15.2. The molecule has 0 aliphatic rings. The van der Waals surface area contributed by atoms with Gasteiger partial charge in [-0.3, -0.25) is 0 Å². The Hall–Kier alpha value is -3.34. The standard InChI is InChI=1S/C26H23ClN2O2/c27-23-14-21(16-28)13-22(15-23)24-11-12-25(30-17-19-7-3-1-4-8-19)29-26(24)31-18-20-9-5-2-6-10-20/h1-15H,16-18,28H2. The van der Waals surface area contributed by atoms with Crippen LogP contribution in [0.15, 0.2) is 91.0 Å². The molecule has 4 aromatic rings. The number of hydrogen-bond donors (Lipinski definition) is 1. The molecule has 156 valence electrons. The second kappa shape index (κ2) is 10.1. The lowest BCUT2D eigenvalue weighted by molar-refractivity contribution is 0.268. The van der Waals surface area contributed by atoms with Crippen molar-refractivity contribution in [3.63, 3.8) is 0 Å². The fourth-order valence-corrected chi connectivity index (χ4v) is 3.47. The highest BCUT2D eigenvalue weighted by molar-refractivity contribution is 6.31. The van der Waals surface area contributed by atoms with Crippen LogP contribution in [0.5, 0.6) is 11.8 Å². The van der Waals surface area contributed by atoms with E-state index in [9.17, 15) is 0 Å². The molecule has 0 aliphatic heterocycles. The molecule has 0 saturated heterocycles. The predicted octanol–water partition coefficient (Wildman–Crippen LogP) is 6.02. The highest BCUT2D eigenvalue weighted by atomic mass is 35.5. The van der Waals surface area contributed by atoms with Crippen molar-refractivity contribution >= 4 is 11.6 Å². The Morgan fingerprint density at radius 2 is 1.35 bits per heavy atom. The van der Waals surface area contributed by atoms with Gasteiger partial charge in [0.25, 0.3) is 0 Å². The maximum Gasteiger partial charge on any atom is 0.225 e. The third kappa shape index (κ3) is 5.63. The summed E-state index contributed by atoms with van der Waals surface area (Å²) in [4.78, 5) is 4.65. The Kier molecular flexibility index (Phi) is 6.82. The van der Waals surface area contributed by atoms with Gasteiger partial charge in [0.1, 0.15) is 13.2 Å². The number of rotatable bonds is 8. The molecule has 0 bridgehead atoms. The topological polar surface area (TPSA) is 57.4 Å². The van der Waals surface area contributed by atoms with Gasteiger partial charge in [-0.05, 0) is 46.5 Å². The van der Waals surface area contributed by atoms with Gasteiger partial charge in [0.05, 0.1) is 0 Å². The van der Waals surface area contributed by atoms with E-state index in [1.165, 1.54) is 0 Å². The van der Waals surface area contributed by atoms with Crippen LogP contribution in [0, 0.1) is 0 Å². The van der Waals surface area contributed by atoms with Gasteiger partial charge in [-0.15, -0.1) is 0 Å². The Bertz CT molecular complexity index is 1130. The van der Waals surface area contributed by atoms with Crippen LogP contribution in [0.1, 0.15) is 16.7 Å². The van der Waals surface area contributed by atoms with Crippen LogP contribution >= 0.6 is 11.6 Å². The summed E-state index contributed by atoms with van der Waals surface area (Å²) in [7, 11) is 0. The molecule has 1 heterocycles. The maximum atomic E-state index is 6.31. The van der Waals surface area contributed by atoms with Crippen molar-refractivity contribution in [2.75, 3.05) is 0 Å². The normalized spacial score (nSPS) is 10.6. The summed E-state index contributed by atoms with van der Waals surface area (Å²) in [6.07, 6.45) is 0. The number of nitrogens with two attached hydrogens (primary N) is 1. The second-order valence-corrected chi connectivity index (χ2v) is 7.54.